The first-order valence-electron chi connectivity index (χ1n) is 8.02. The summed E-state index contributed by atoms with van der Waals surface area (Å²) in [6.07, 6.45) is 0.952. The minimum atomic E-state index is 0.465. The molecular formula is C16H27N5. The molecule has 5 heteroatoms. The van der Waals surface area contributed by atoms with E-state index < -0.39 is 0 Å². The number of rotatable bonds is 3. The van der Waals surface area contributed by atoms with E-state index in [1.165, 1.54) is 17.0 Å². The Morgan fingerprint density at radius 3 is 2.76 bits per heavy atom. The number of piperazine rings is 1. The molecule has 3 rings (SSSR count). The second-order valence-corrected chi connectivity index (χ2v) is 6.81. The lowest BCUT2D eigenvalue weighted by Crippen LogP contribution is -2.51. The van der Waals surface area contributed by atoms with Crippen molar-refractivity contribution in [3.8, 4) is 0 Å². The molecule has 0 spiro atoms. The minimum absolute atomic E-state index is 0.465. The summed E-state index contributed by atoms with van der Waals surface area (Å²) >= 11 is 0. The SMILES string of the molecule is CC(C)c1nc(CC2CN(C)CCN2C)nc2c1CNC2. The van der Waals surface area contributed by atoms with Crippen molar-refractivity contribution in [1.29, 1.82) is 0 Å². The van der Waals surface area contributed by atoms with Crippen molar-refractivity contribution in [3.05, 3.63) is 22.8 Å². The van der Waals surface area contributed by atoms with Crippen LogP contribution in [0.5, 0.6) is 0 Å². The Hall–Kier alpha value is -1.04. The highest BCUT2D eigenvalue weighted by atomic mass is 15.3. The molecule has 0 saturated carbocycles. The molecule has 21 heavy (non-hydrogen) atoms. The van der Waals surface area contributed by atoms with Gasteiger partial charge in [-0.1, -0.05) is 13.8 Å². The fourth-order valence-corrected chi connectivity index (χ4v) is 3.35. The molecule has 0 bridgehead atoms. The van der Waals surface area contributed by atoms with Crippen molar-refractivity contribution in [1.82, 2.24) is 25.1 Å². The summed E-state index contributed by atoms with van der Waals surface area (Å²) in [5.41, 5.74) is 3.80. The zero-order chi connectivity index (χ0) is 15.0. The average Bonchev–Trinajstić information content (AvgIpc) is 2.90. The smallest absolute Gasteiger partial charge is 0.130 e. The van der Waals surface area contributed by atoms with Crippen molar-refractivity contribution in [2.75, 3.05) is 33.7 Å². The average molecular weight is 289 g/mol. The Kier molecular flexibility index (Phi) is 4.24. The minimum Gasteiger partial charge on any atom is -0.307 e. The summed E-state index contributed by atoms with van der Waals surface area (Å²) in [6, 6.07) is 0.524. The summed E-state index contributed by atoms with van der Waals surface area (Å²) in [4.78, 5) is 14.6. The Bertz CT molecular complexity index is 514. The molecule has 1 fully saturated rings. The van der Waals surface area contributed by atoms with Crippen LogP contribution in [0.15, 0.2) is 0 Å². The number of hydrogen-bond donors (Lipinski definition) is 1. The van der Waals surface area contributed by atoms with E-state index in [2.05, 4.69) is 43.1 Å². The van der Waals surface area contributed by atoms with Gasteiger partial charge >= 0.3 is 0 Å². The van der Waals surface area contributed by atoms with E-state index in [-0.39, 0.29) is 0 Å². The van der Waals surface area contributed by atoms with Gasteiger partial charge in [0.2, 0.25) is 0 Å². The molecule has 116 valence electrons. The molecule has 2 aliphatic heterocycles. The van der Waals surface area contributed by atoms with Crippen LogP contribution >= 0.6 is 0 Å². The lowest BCUT2D eigenvalue weighted by atomic mass is 10.0. The van der Waals surface area contributed by atoms with E-state index in [9.17, 15) is 0 Å². The molecule has 1 atom stereocenters. The van der Waals surface area contributed by atoms with E-state index in [0.717, 1.165) is 45.0 Å². The maximum absolute atomic E-state index is 4.90. The predicted molar refractivity (Wildman–Crippen MR) is 84.3 cm³/mol. The molecule has 1 aromatic heterocycles. The van der Waals surface area contributed by atoms with E-state index in [1.807, 2.05) is 0 Å². The van der Waals surface area contributed by atoms with Gasteiger partial charge in [0.15, 0.2) is 0 Å². The highest BCUT2D eigenvalue weighted by molar-refractivity contribution is 5.31. The first-order valence-corrected chi connectivity index (χ1v) is 8.02. The quantitative estimate of drug-likeness (QED) is 0.899. The summed E-state index contributed by atoms with van der Waals surface area (Å²) in [5, 5.41) is 3.41. The molecule has 0 aliphatic carbocycles. The molecule has 0 amide bonds. The zero-order valence-corrected chi connectivity index (χ0v) is 13.7. The monoisotopic (exact) mass is 289 g/mol. The van der Waals surface area contributed by atoms with E-state index >= 15 is 0 Å². The van der Waals surface area contributed by atoms with Crippen molar-refractivity contribution in [2.24, 2.45) is 0 Å². The van der Waals surface area contributed by atoms with Crippen LogP contribution < -0.4 is 5.32 Å². The summed E-state index contributed by atoms with van der Waals surface area (Å²) in [5.74, 6) is 1.49. The fourth-order valence-electron chi connectivity index (χ4n) is 3.35. The van der Waals surface area contributed by atoms with Gasteiger partial charge in [0.1, 0.15) is 5.82 Å². The molecule has 5 nitrogen and oxygen atoms in total. The molecule has 1 unspecified atom stereocenters. The van der Waals surface area contributed by atoms with Crippen molar-refractivity contribution >= 4 is 0 Å². The second kappa shape index (κ2) is 5.99. The van der Waals surface area contributed by atoms with Gasteiger partial charge < -0.3 is 15.1 Å². The van der Waals surface area contributed by atoms with Gasteiger partial charge in [-0.2, -0.15) is 0 Å². The summed E-state index contributed by atoms with van der Waals surface area (Å²) in [7, 11) is 4.42. The largest absolute Gasteiger partial charge is 0.307 e. The van der Waals surface area contributed by atoms with E-state index in [0.29, 0.717) is 12.0 Å². The van der Waals surface area contributed by atoms with Gasteiger partial charge in [0, 0.05) is 50.7 Å². The summed E-state index contributed by atoms with van der Waals surface area (Å²) < 4.78 is 0. The number of nitrogens with one attached hydrogen (secondary N) is 1. The number of likely N-dealkylation sites (N-methyl/N-ethyl adjacent to an activating group) is 2. The third-order valence-corrected chi connectivity index (χ3v) is 4.71. The predicted octanol–water partition coefficient (Wildman–Crippen LogP) is 0.992. The topological polar surface area (TPSA) is 44.3 Å². The zero-order valence-electron chi connectivity index (χ0n) is 13.7. The third kappa shape index (κ3) is 3.10. The normalized spacial score (nSPS) is 23.8. The molecule has 3 heterocycles. The first-order chi connectivity index (χ1) is 10.0. The maximum Gasteiger partial charge on any atom is 0.130 e. The lowest BCUT2D eigenvalue weighted by molar-refractivity contribution is 0.113. The van der Waals surface area contributed by atoms with E-state index in [1.54, 1.807) is 0 Å². The number of nitrogens with zero attached hydrogens (tertiary/aromatic N) is 4. The third-order valence-electron chi connectivity index (χ3n) is 4.71. The van der Waals surface area contributed by atoms with Gasteiger partial charge in [-0.3, -0.25) is 0 Å². The number of aromatic nitrogens is 2. The van der Waals surface area contributed by atoms with Crippen molar-refractivity contribution < 1.29 is 0 Å². The molecule has 0 aromatic carbocycles. The standard InChI is InChI=1S/C16H27N5/c1-11(2)16-13-8-17-9-14(13)18-15(19-16)7-12-10-20(3)5-6-21(12)4/h11-12,17H,5-10H2,1-4H3. The molecule has 2 aliphatic rings. The van der Waals surface area contributed by atoms with Gasteiger partial charge in [-0.05, 0) is 20.0 Å². The van der Waals surface area contributed by atoms with Crippen LogP contribution in [0.3, 0.4) is 0 Å². The van der Waals surface area contributed by atoms with Gasteiger partial charge in [-0.15, -0.1) is 0 Å². The number of hydrogen-bond acceptors (Lipinski definition) is 5. The van der Waals surface area contributed by atoms with Crippen LogP contribution in [0.4, 0.5) is 0 Å². The van der Waals surface area contributed by atoms with Crippen LogP contribution in [-0.4, -0.2) is 59.5 Å². The molecule has 1 aromatic rings. The van der Waals surface area contributed by atoms with Crippen LogP contribution in [0.2, 0.25) is 0 Å². The van der Waals surface area contributed by atoms with Crippen LogP contribution in [0.1, 0.15) is 42.5 Å². The van der Waals surface area contributed by atoms with Crippen LogP contribution in [0, 0.1) is 0 Å². The fraction of sp³-hybridized carbons (Fsp3) is 0.750. The highest BCUT2D eigenvalue weighted by Crippen LogP contribution is 2.24. The number of fused-ring (bicyclic) bond motifs is 1. The van der Waals surface area contributed by atoms with Gasteiger partial charge in [0.05, 0.1) is 11.4 Å². The Morgan fingerprint density at radius 2 is 2.00 bits per heavy atom. The highest BCUT2D eigenvalue weighted by Gasteiger charge is 2.26. The Labute approximate surface area is 127 Å². The maximum atomic E-state index is 4.90. The van der Waals surface area contributed by atoms with Crippen molar-refractivity contribution in [2.45, 2.75) is 45.3 Å². The van der Waals surface area contributed by atoms with E-state index in [4.69, 9.17) is 9.97 Å². The molecular weight excluding hydrogens is 262 g/mol. The molecule has 1 saturated heterocycles. The molecule has 0 radical (unpaired) electrons. The Morgan fingerprint density at radius 1 is 1.19 bits per heavy atom. The van der Waals surface area contributed by atoms with Gasteiger partial charge in [-0.25, -0.2) is 9.97 Å². The summed E-state index contributed by atoms with van der Waals surface area (Å²) in [6.45, 7) is 9.66. The van der Waals surface area contributed by atoms with Crippen LogP contribution in [0.25, 0.3) is 0 Å². The van der Waals surface area contributed by atoms with Crippen LogP contribution in [-0.2, 0) is 19.5 Å². The van der Waals surface area contributed by atoms with Crippen molar-refractivity contribution in [3.63, 3.8) is 0 Å². The second-order valence-electron chi connectivity index (χ2n) is 6.81. The lowest BCUT2D eigenvalue weighted by Gasteiger charge is -2.37. The molecule has 1 N–H and O–H groups in total. The first kappa shape index (κ1) is 14.9. The van der Waals surface area contributed by atoms with Gasteiger partial charge in [0.25, 0.3) is 0 Å². The Balaban J connectivity index is 1.84.